The van der Waals surface area contributed by atoms with Crippen molar-refractivity contribution in [1.29, 1.82) is 0 Å². The van der Waals surface area contributed by atoms with Crippen LogP contribution in [0.2, 0.25) is 0 Å². The number of halogens is 2. The molecule has 0 spiro atoms. The second-order valence-electron chi connectivity index (χ2n) is 4.02. The summed E-state index contributed by atoms with van der Waals surface area (Å²) in [6, 6.07) is 2.92. The SMILES string of the molecule is CCC(C)(C)Oc1cc(F)c(I)cc1N. The number of ether oxygens (including phenoxy) is 1. The van der Waals surface area contributed by atoms with Gasteiger partial charge in [0.25, 0.3) is 0 Å². The average molecular weight is 323 g/mol. The first-order valence-electron chi connectivity index (χ1n) is 4.79. The molecule has 2 N–H and O–H groups in total. The van der Waals surface area contributed by atoms with Crippen LogP contribution in [0.5, 0.6) is 5.75 Å². The Hall–Kier alpha value is -0.520. The van der Waals surface area contributed by atoms with E-state index in [1.807, 2.05) is 43.4 Å². The maximum Gasteiger partial charge on any atom is 0.145 e. The summed E-state index contributed by atoms with van der Waals surface area (Å²) in [5.74, 6) is 0.117. The number of benzene rings is 1. The number of nitrogens with two attached hydrogens (primary N) is 1. The molecule has 15 heavy (non-hydrogen) atoms. The molecular weight excluding hydrogens is 308 g/mol. The molecule has 0 amide bonds. The summed E-state index contributed by atoms with van der Waals surface area (Å²) in [6.45, 7) is 5.91. The molecule has 1 rings (SSSR count). The van der Waals surface area contributed by atoms with Gasteiger partial charge in [0, 0.05) is 6.07 Å². The standard InChI is InChI=1S/C11H15FINO/c1-4-11(2,3)15-10-5-7(12)8(13)6-9(10)14/h5-6H,4,14H2,1-3H3. The van der Waals surface area contributed by atoms with Crippen molar-refractivity contribution in [2.24, 2.45) is 0 Å². The summed E-state index contributed by atoms with van der Waals surface area (Å²) in [5, 5.41) is 0. The molecule has 0 radical (unpaired) electrons. The third-order valence-electron chi connectivity index (χ3n) is 2.29. The largest absolute Gasteiger partial charge is 0.486 e. The fourth-order valence-corrected chi connectivity index (χ4v) is 1.49. The van der Waals surface area contributed by atoms with Crippen molar-refractivity contribution in [2.75, 3.05) is 5.73 Å². The van der Waals surface area contributed by atoms with Crippen molar-refractivity contribution in [1.82, 2.24) is 0 Å². The van der Waals surface area contributed by atoms with Gasteiger partial charge in [0.1, 0.15) is 17.2 Å². The van der Waals surface area contributed by atoms with E-state index in [1.165, 1.54) is 6.07 Å². The van der Waals surface area contributed by atoms with E-state index in [0.717, 1.165) is 6.42 Å². The highest BCUT2D eigenvalue weighted by molar-refractivity contribution is 14.1. The molecule has 2 nitrogen and oxygen atoms in total. The van der Waals surface area contributed by atoms with E-state index in [1.54, 1.807) is 6.07 Å². The van der Waals surface area contributed by atoms with Crippen LogP contribution in [0.1, 0.15) is 27.2 Å². The number of hydrogen-bond donors (Lipinski definition) is 1. The van der Waals surface area contributed by atoms with Gasteiger partial charge in [-0.3, -0.25) is 0 Å². The Morgan fingerprint density at radius 1 is 1.47 bits per heavy atom. The zero-order valence-electron chi connectivity index (χ0n) is 9.10. The lowest BCUT2D eigenvalue weighted by Crippen LogP contribution is -2.27. The fraction of sp³-hybridized carbons (Fsp3) is 0.455. The van der Waals surface area contributed by atoms with Crippen molar-refractivity contribution in [3.8, 4) is 5.75 Å². The maximum atomic E-state index is 13.3. The summed E-state index contributed by atoms with van der Waals surface area (Å²) >= 11 is 1.90. The Morgan fingerprint density at radius 3 is 2.60 bits per heavy atom. The van der Waals surface area contributed by atoms with Crippen molar-refractivity contribution >= 4 is 28.3 Å². The van der Waals surface area contributed by atoms with Gasteiger partial charge in [0.2, 0.25) is 0 Å². The Balaban J connectivity index is 3.01. The van der Waals surface area contributed by atoms with Gasteiger partial charge in [-0.2, -0.15) is 0 Å². The van der Waals surface area contributed by atoms with Gasteiger partial charge >= 0.3 is 0 Å². The molecule has 0 aliphatic rings. The molecule has 0 aliphatic heterocycles. The van der Waals surface area contributed by atoms with Gasteiger partial charge in [-0.1, -0.05) is 6.92 Å². The predicted octanol–water partition coefficient (Wildman–Crippen LogP) is 3.58. The summed E-state index contributed by atoms with van der Waals surface area (Å²) in [5.41, 5.74) is 5.90. The minimum atomic E-state index is -0.326. The highest BCUT2D eigenvalue weighted by Gasteiger charge is 2.19. The van der Waals surface area contributed by atoms with Crippen LogP contribution in [-0.4, -0.2) is 5.60 Å². The van der Waals surface area contributed by atoms with Crippen LogP contribution >= 0.6 is 22.6 Å². The molecule has 0 unspecified atom stereocenters. The molecule has 0 bridgehead atoms. The van der Waals surface area contributed by atoms with Crippen LogP contribution in [-0.2, 0) is 0 Å². The van der Waals surface area contributed by atoms with Crippen LogP contribution in [0.4, 0.5) is 10.1 Å². The first-order chi connectivity index (χ1) is 6.85. The van der Waals surface area contributed by atoms with E-state index in [0.29, 0.717) is 15.0 Å². The van der Waals surface area contributed by atoms with Gasteiger partial charge in [0.05, 0.1) is 9.26 Å². The molecular formula is C11H15FINO. The second-order valence-corrected chi connectivity index (χ2v) is 5.18. The number of nitrogen functional groups attached to an aromatic ring is 1. The van der Waals surface area contributed by atoms with Gasteiger partial charge < -0.3 is 10.5 Å². The molecule has 0 saturated heterocycles. The molecule has 0 aliphatic carbocycles. The first kappa shape index (κ1) is 12.5. The van der Waals surface area contributed by atoms with Crippen LogP contribution in [0.3, 0.4) is 0 Å². The zero-order valence-corrected chi connectivity index (χ0v) is 11.3. The fourth-order valence-electron chi connectivity index (χ4n) is 1.00. The molecule has 0 fully saturated rings. The van der Waals surface area contributed by atoms with Crippen molar-refractivity contribution in [2.45, 2.75) is 32.8 Å². The summed E-state index contributed by atoms with van der Waals surface area (Å²) in [7, 11) is 0. The van der Waals surface area contributed by atoms with E-state index >= 15 is 0 Å². The zero-order chi connectivity index (χ0) is 11.6. The Bertz CT molecular complexity index is 366. The lowest BCUT2D eigenvalue weighted by atomic mass is 10.1. The normalized spacial score (nSPS) is 11.5. The van der Waals surface area contributed by atoms with Gasteiger partial charge in [-0.05, 0) is 48.9 Å². The molecule has 1 aromatic carbocycles. The van der Waals surface area contributed by atoms with Crippen molar-refractivity contribution in [3.63, 3.8) is 0 Å². The molecule has 0 atom stereocenters. The van der Waals surface area contributed by atoms with Gasteiger partial charge in [-0.15, -0.1) is 0 Å². The smallest absolute Gasteiger partial charge is 0.145 e. The summed E-state index contributed by atoms with van der Waals surface area (Å²) < 4.78 is 19.5. The number of rotatable bonds is 3. The summed E-state index contributed by atoms with van der Waals surface area (Å²) in [6.07, 6.45) is 0.833. The Morgan fingerprint density at radius 2 is 2.07 bits per heavy atom. The third kappa shape index (κ3) is 3.22. The van der Waals surface area contributed by atoms with Crippen LogP contribution in [0.15, 0.2) is 12.1 Å². The molecule has 0 heterocycles. The van der Waals surface area contributed by atoms with E-state index in [9.17, 15) is 4.39 Å². The Kier molecular flexibility index (Phi) is 3.81. The van der Waals surface area contributed by atoms with Crippen LogP contribution in [0.25, 0.3) is 0 Å². The quantitative estimate of drug-likeness (QED) is 0.682. The second kappa shape index (κ2) is 4.55. The molecule has 4 heteroatoms. The highest BCUT2D eigenvalue weighted by atomic mass is 127. The van der Waals surface area contributed by atoms with E-state index < -0.39 is 0 Å². The lowest BCUT2D eigenvalue weighted by Gasteiger charge is -2.25. The number of anilines is 1. The van der Waals surface area contributed by atoms with E-state index in [2.05, 4.69) is 0 Å². The van der Waals surface area contributed by atoms with Crippen molar-refractivity contribution in [3.05, 3.63) is 21.5 Å². The van der Waals surface area contributed by atoms with Crippen molar-refractivity contribution < 1.29 is 9.13 Å². The maximum absolute atomic E-state index is 13.3. The topological polar surface area (TPSA) is 35.2 Å². The van der Waals surface area contributed by atoms with Gasteiger partial charge in [-0.25, -0.2) is 4.39 Å². The van der Waals surface area contributed by atoms with E-state index in [4.69, 9.17) is 10.5 Å². The number of hydrogen-bond acceptors (Lipinski definition) is 2. The molecule has 0 saturated carbocycles. The predicted molar refractivity (Wildman–Crippen MR) is 68.5 cm³/mol. The lowest BCUT2D eigenvalue weighted by molar-refractivity contribution is 0.106. The minimum absolute atomic E-state index is 0.299. The average Bonchev–Trinajstić information content (AvgIpc) is 2.14. The van der Waals surface area contributed by atoms with E-state index in [-0.39, 0.29) is 11.4 Å². The highest BCUT2D eigenvalue weighted by Crippen LogP contribution is 2.30. The van der Waals surface area contributed by atoms with Crippen LogP contribution < -0.4 is 10.5 Å². The third-order valence-corrected chi connectivity index (χ3v) is 3.12. The molecule has 1 aromatic rings. The Labute approximate surface area is 103 Å². The van der Waals surface area contributed by atoms with Gasteiger partial charge in [0.15, 0.2) is 0 Å². The molecule has 0 aromatic heterocycles. The summed E-state index contributed by atoms with van der Waals surface area (Å²) in [4.78, 5) is 0. The van der Waals surface area contributed by atoms with Crippen LogP contribution in [0, 0.1) is 9.39 Å². The monoisotopic (exact) mass is 323 g/mol. The molecule has 84 valence electrons. The minimum Gasteiger partial charge on any atom is -0.486 e. The first-order valence-corrected chi connectivity index (χ1v) is 5.87.